The van der Waals surface area contributed by atoms with Crippen molar-refractivity contribution in [2.75, 3.05) is 17.1 Å². The molecule has 0 heterocycles. The molecule has 2 aromatic rings. The highest BCUT2D eigenvalue weighted by atomic mass is 32.2. The second kappa shape index (κ2) is 14.0. The highest BCUT2D eigenvalue weighted by molar-refractivity contribution is 7.92. The van der Waals surface area contributed by atoms with Crippen LogP contribution in [0, 0.1) is 20.8 Å². The van der Waals surface area contributed by atoms with Gasteiger partial charge < -0.3 is 10.2 Å². The summed E-state index contributed by atoms with van der Waals surface area (Å²) in [6.45, 7) is 8.35. The summed E-state index contributed by atoms with van der Waals surface area (Å²) in [5.41, 5.74) is 4.64. The fourth-order valence-corrected chi connectivity index (χ4v) is 6.52. The van der Waals surface area contributed by atoms with Gasteiger partial charge in [-0.25, -0.2) is 8.42 Å². The molecule has 1 atom stereocenters. The molecule has 0 aromatic heterocycles. The molecule has 2 aromatic carbocycles. The lowest BCUT2D eigenvalue weighted by Crippen LogP contribution is -2.51. The largest absolute Gasteiger partial charge is 0.352 e. The molecule has 7 nitrogen and oxygen atoms in total. The standard InChI is InChI=1S/C31H45N3O4S/c1-6-29(31(36)32-27-14-8-7-9-15-27)33(22-26-13-10-12-23(2)19-26)30(35)16-11-17-34(39(5,37)38)28-20-24(3)18-25(4)21-28/h10,12-13,18-21,27,29H,6-9,11,14-17,22H2,1-5H3,(H,32,36)/t29-/m0/s1. The highest BCUT2D eigenvalue weighted by Gasteiger charge is 2.30. The highest BCUT2D eigenvalue weighted by Crippen LogP contribution is 2.23. The fraction of sp³-hybridized carbons (Fsp3) is 0.548. The molecule has 0 unspecified atom stereocenters. The number of aryl methyl sites for hydroxylation is 3. The first-order valence-electron chi connectivity index (χ1n) is 14.2. The van der Waals surface area contributed by atoms with E-state index in [0.29, 0.717) is 25.1 Å². The molecule has 0 saturated heterocycles. The Morgan fingerprint density at radius 3 is 2.23 bits per heavy atom. The lowest BCUT2D eigenvalue weighted by molar-refractivity contribution is -0.141. The normalized spacial score (nSPS) is 15.0. The SMILES string of the molecule is CC[C@@H](C(=O)NC1CCCCC1)N(Cc1cccc(C)c1)C(=O)CCCN(c1cc(C)cc(C)c1)S(C)(=O)=O. The van der Waals surface area contributed by atoms with Crippen LogP contribution in [0.2, 0.25) is 0 Å². The molecule has 39 heavy (non-hydrogen) atoms. The molecular formula is C31H45N3O4S. The van der Waals surface area contributed by atoms with Crippen LogP contribution in [0.5, 0.6) is 0 Å². The van der Waals surface area contributed by atoms with Crippen molar-refractivity contribution in [1.29, 1.82) is 0 Å². The molecule has 2 amide bonds. The molecule has 3 rings (SSSR count). The average Bonchev–Trinajstić information content (AvgIpc) is 2.85. The summed E-state index contributed by atoms with van der Waals surface area (Å²) in [7, 11) is -3.53. The van der Waals surface area contributed by atoms with Crippen LogP contribution in [0.4, 0.5) is 5.69 Å². The summed E-state index contributed by atoms with van der Waals surface area (Å²) < 4.78 is 26.7. The van der Waals surface area contributed by atoms with E-state index in [9.17, 15) is 18.0 Å². The van der Waals surface area contributed by atoms with Crippen molar-refractivity contribution in [3.63, 3.8) is 0 Å². The van der Waals surface area contributed by atoms with E-state index < -0.39 is 16.1 Å². The van der Waals surface area contributed by atoms with E-state index in [-0.39, 0.29) is 30.8 Å². The molecule has 1 N–H and O–H groups in total. The van der Waals surface area contributed by atoms with E-state index in [1.54, 1.807) is 4.90 Å². The molecule has 0 bridgehead atoms. The van der Waals surface area contributed by atoms with Crippen molar-refractivity contribution in [1.82, 2.24) is 10.2 Å². The van der Waals surface area contributed by atoms with Gasteiger partial charge in [-0.3, -0.25) is 13.9 Å². The molecule has 0 aliphatic heterocycles. The number of nitrogens with zero attached hydrogens (tertiary/aromatic N) is 2. The number of rotatable bonds is 12. The van der Waals surface area contributed by atoms with E-state index >= 15 is 0 Å². The van der Waals surface area contributed by atoms with Crippen LogP contribution >= 0.6 is 0 Å². The van der Waals surface area contributed by atoms with Gasteiger partial charge in [0.1, 0.15) is 6.04 Å². The maximum absolute atomic E-state index is 13.7. The van der Waals surface area contributed by atoms with Crippen molar-refractivity contribution in [3.8, 4) is 0 Å². The smallest absolute Gasteiger partial charge is 0.243 e. The molecule has 1 aliphatic carbocycles. The number of carbonyl (C=O) groups excluding carboxylic acids is 2. The quantitative estimate of drug-likeness (QED) is 0.379. The summed E-state index contributed by atoms with van der Waals surface area (Å²) in [5, 5.41) is 3.21. The van der Waals surface area contributed by atoms with Gasteiger partial charge in [0.05, 0.1) is 11.9 Å². The number of nitrogens with one attached hydrogen (secondary N) is 1. The fourth-order valence-electron chi connectivity index (χ4n) is 5.57. The first-order valence-corrected chi connectivity index (χ1v) is 16.0. The Morgan fingerprint density at radius 2 is 1.64 bits per heavy atom. The molecule has 1 aliphatic rings. The zero-order valence-electron chi connectivity index (χ0n) is 24.2. The van der Waals surface area contributed by atoms with Crippen molar-refractivity contribution in [3.05, 3.63) is 64.7 Å². The maximum Gasteiger partial charge on any atom is 0.243 e. The Hall–Kier alpha value is -2.87. The lowest BCUT2D eigenvalue weighted by atomic mass is 9.95. The predicted molar refractivity (Wildman–Crippen MR) is 158 cm³/mol. The van der Waals surface area contributed by atoms with Gasteiger partial charge in [0, 0.05) is 25.6 Å². The first-order chi connectivity index (χ1) is 18.5. The Morgan fingerprint density at radius 1 is 0.974 bits per heavy atom. The Bertz CT molecular complexity index is 1220. The summed E-state index contributed by atoms with van der Waals surface area (Å²) in [6, 6.07) is 13.3. The number of amides is 2. The van der Waals surface area contributed by atoms with Crippen LogP contribution in [0.1, 0.15) is 80.5 Å². The lowest BCUT2D eigenvalue weighted by Gasteiger charge is -2.33. The maximum atomic E-state index is 13.7. The third-order valence-electron chi connectivity index (χ3n) is 7.42. The second-order valence-electron chi connectivity index (χ2n) is 11.1. The molecule has 0 radical (unpaired) electrons. The first kappa shape index (κ1) is 30.7. The van der Waals surface area contributed by atoms with Crippen LogP contribution in [0.25, 0.3) is 0 Å². The minimum Gasteiger partial charge on any atom is -0.352 e. The zero-order valence-corrected chi connectivity index (χ0v) is 25.0. The van der Waals surface area contributed by atoms with Gasteiger partial charge in [-0.1, -0.05) is 62.1 Å². The molecular weight excluding hydrogens is 510 g/mol. The van der Waals surface area contributed by atoms with Crippen molar-refractivity contribution >= 4 is 27.5 Å². The molecule has 1 fully saturated rings. The summed E-state index contributed by atoms with van der Waals surface area (Å²) in [6.07, 6.45) is 7.60. The van der Waals surface area contributed by atoms with Gasteiger partial charge >= 0.3 is 0 Å². The van der Waals surface area contributed by atoms with Gasteiger partial charge in [-0.2, -0.15) is 0 Å². The minimum atomic E-state index is -3.53. The average molecular weight is 556 g/mol. The van der Waals surface area contributed by atoms with Gasteiger partial charge in [0.15, 0.2) is 0 Å². The Kier molecular flexibility index (Phi) is 11.0. The van der Waals surface area contributed by atoms with Gasteiger partial charge in [-0.15, -0.1) is 0 Å². The number of anilines is 1. The number of hydrogen-bond acceptors (Lipinski definition) is 4. The van der Waals surface area contributed by atoms with E-state index in [2.05, 4.69) is 5.32 Å². The second-order valence-corrected chi connectivity index (χ2v) is 13.0. The van der Waals surface area contributed by atoms with Crippen molar-refractivity contribution < 1.29 is 18.0 Å². The monoisotopic (exact) mass is 555 g/mol. The molecule has 214 valence electrons. The molecule has 1 saturated carbocycles. The molecule has 8 heteroatoms. The Labute approximate surface area is 235 Å². The number of carbonyl (C=O) groups is 2. The van der Waals surface area contributed by atoms with E-state index in [1.807, 2.05) is 70.2 Å². The Balaban J connectivity index is 1.77. The van der Waals surface area contributed by atoms with Crippen LogP contribution in [0.15, 0.2) is 42.5 Å². The van der Waals surface area contributed by atoms with Crippen molar-refractivity contribution in [2.45, 2.75) is 97.7 Å². The van der Waals surface area contributed by atoms with Crippen LogP contribution in [-0.4, -0.2) is 50.0 Å². The van der Waals surface area contributed by atoms with Gasteiger partial charge in [-0.05, 0) is 75.3 Å². The summed E-state index contributed by atoms with van der Waals surface area (Å²) in [5.74, 6) is -0.241. The third kappa shape index (κ3) is 9.09. The van der Waals surface area contributed by atoms with E-state index in [0.717, 1.165) is 47.9 Å². The van der Waals surface area contributed by atoms with Crippen LogP contribution in [0.3, 0.4) is 0 Å². The van der Waals surface area contributed by atoms with Crippen LogP contribution in [-0.2, 0) is 26.2 Å². The summed E-state index contributed by atoms with van der Waals surface area (Å²) in [4.78, 5) is 28.8. The number of benzene rings is 2. The topological polar surface area (TPSA) is 86.8 Å². The van der Waals surface area contributed by atoms with Gasteiger partial charge in [0.2, 0.25) is 21.8 Å². The number of sulfonamides is 1. The summed E-state index contributed by atoms with van der Waals surface area (Å²) >= 11 is 0. The minimum absolute atomic E-state index is 0.0987. The van der Waals surface area contributed by atoms with Gasteiger partial charge in [0.25, 0.3) is 0 Å². The molecule has 0 spiro atoms. The van der Waals surface area contributed by atoms with Crippen molar-refractivity contribution in [2.24, 2.45) is 0 Å². The zero-order chi connectivity index (χ0) is 28.6. The third-order valence-corrected chi connectivity index (χ3v) is 8.61. The van der Waals surface area contributed by atoms with E-state index in [1.165, 1.54) is 17.0 Å². The van der Waals surface area contributed by atoms with E-state index in [4.69, 9.17) is 0 Å². The predicted octanol–water partition coefficient (Wildman–Crippen LogP) is 5.41. The number of hydrogen-bond donors (Lipinski definition) is 1. The van der Waals surface area contributed by atoms with Crippen LogP contribution < -0.4 is 9.62 Å².